The Hall–Kier alpha value is -3.46. The fourth-order valence-corrected chi connectivity index (χ4v) is 2.27. The number of aromatic nitrogens is 1. The van der Waals surface area contributed by atoms with Gasteiger partial charge < -0.3 is 20.2 Å². The number of hydrogen-bond acceptors (Lipinski definition) is 6. The highest BCUT2D eigenvalue weighted by Gasteiger charge is 2.12. The fourth-order valence-electron chi connectivity index (χ4n) is 2.27. The number of ether oxygens (including phenoxy) is 1. The lowest BCUT2D eigenvalue weighted by Crippen LogP contribution is -2.04. The Morgan fingerprint density at radius 2 is 2.08 bits per heavy atom. The third-order valence-electron chi connectivity index (χ3n) is 3.37. The minimum absolute atomic E-state index is 0.231. The van der Waals surface area contributed by atoms with E-state index in [4.69, 9.17) is 20.1 Å². The molecule has 24 heavy (non-hydrogen) atoms. The van der Waals surface area contributed by atoms with Gasteiger partial charge in [-0.05, 0) is 43.3 Å². The van der Waals surface area contributed by atoms with E-state index < -0.39 is 0 Å². The summed E-state index contributed by atoms with van der Waals surface area (Å²) in [5, 5.41) is 12.3. The number of nitrogens with zero attached hydrogens (tertiary/aromatic N) is 2. The molecule has 0 aliphatic carbocycles. The third kappa shape index (κ3) is 3.15. The second kappa shape index (κ2) is 6.75. The van der Waals surface area contributed by atoms with Crippen molar-refractivity contribution < 1.29 is 9.15 Å². The van der Waals surface area contributed by atoms with Gasteiger partial charge in [0.25, 0.3) is 0 Å². The number of furan rings is 1. The molecule has 0 bridgehead atoms. The number of nitriles is 1. The normalized spacial score (nSPS) is 10.2. The Bertz CT molecular complexity index is 865. The molecule has 1 aromatic carbocycles. The highest BCUT2D eigenvalue weighted by molar-refractivity contribution is 5.69. The molecule has 2 heterocycles. The van der Waals surface area contributed by atoms with E-state index in [9.17, 15) is 0 Å². The van der Waals surface area contributed by atoms with Gasteiger partial charge in [-0.2, -0.15) is 10.2 Å². The van der Waals surface area contributed by atoms with Crippen LogP contribution in [-0.4, -0.2) is 11.6 Å². The van der Waals surface area contributed by atoms with Crippen LogP contribution in [0.4, 0.5) is 17.2 Å². The van der Waals surface area contributed by atoms with Crippen LogP contribution in [-0.2, 0) is 0 Å². The van der Waals surface area contributed by atoms with E-state index in [-0.39, 0.29) is 11.4 Å². The zero-order chi connectivity index (χ0) is 16.9. The Balaban J connectivity index is 1.84. The number of nitrogens with one attached hydrogen (secondary N) is 1. The van der Waals surface area contributed by atoms with E-state index in [0.29, 0.717) is 18.1 Å². The molecule has 0 unspecified atom stereocenters. The van der Waals surface area contributed by atoms with Gasteiger partial charge in [-0.3, -0.25) is 0 Å². The molecule has 0 aliphatic rings. The second-order valence-electron chi connectivity index (χ2n) is 5.00. The zero-order valence-corrected chi connectivity index (χ0v) is 13.1. The van der Waals surface area contributed by atoms with Gasteiger partial charge in [0.15, 0.2) is 0 Å². The van der Waals surface area contributed by atoms with Crippen LogP contribution in [0.15, 0.2) is 53.1 Å². The predicted octanol–water partition coefficient (Wildman–Crippen LogP) is 3.94. The number of benzene rings is 1. The van der Waals surface area contributed by atoms with Crippen LogP contribution >= 0.6 is 0 Å². The molecule has 3 rings (SSSR count). The molecule has 0 aliphatic heterocycles. The fraction of sp³-hybridized carbons (Fsp3) is 0.111. The van der Waals surface area contributed by atoms with Crippen LogP contribution in [0.2, 0.25) is 0 Å². The Kier molecular flexibility index (Phi) is 4.34. The van der Waals surface area contributed by atoms with Gasteiger partial charge in [-0.1, -0.05) is 0 Å². The van der Waals surface area contributed by atoms with Crippen molar-refractivity contribution in [2.45, 2.75) is 6.92 Å². The van der Waals surface area contributed by atoms with Gasteiger partial charge in [-0.25, -0.2) is 0 Å². The van der Waals surface area contributed by atoms with Crippen molar-refractivity contribution in [1.29, 1.82) is 5.26 Å². The number of nitrogens with two attached hydrogens (primary N) is 1. The highest BCUT2D eigenvalue weighted by atomic mass is 16.5. The van der Waals surface area contributed by atoms with Crippen molar-refractivity contribution in [3.8, 4) is 23.3 Å². The molecule has 3 N–H and O–H groups in total. The number of anilines is 3. The maximum atomic E-state index is 9.15. The second-order valence-corrected chi connectivity index (χ2v) is 5.00. The summed E-state index contributed by atoms with van der Waals surface area (Å²) < 4.78 is 10.8. The molecule has 120 valence electrons. The smallest absolute Gasteiger partial charge is 0.235 e. The van der Waals surface area contributed by atoms with E-state index >= 15 is 0 Å². The van der Waals surface area contributed by atoms with Crippen LogP contribution in [0.1, 0.15) is 12.5 Å². The van der Waals surface area contributed by atoms with Crippen molar-refractivity contribution in [2.75, 3.05) is 17.7 Å². The minimum atomic E-state index is 0.231. The first kappa shape index (κ1) is 15.4. The summed E-state index contributed by atoms with van der Waals surface area (Å²) in [4.78, 5) is 4.31. The lowest BCUT2D eigenvalue weighted by Gasteiger charge is -2.11. The maximum Gasteiger partial charge on any atom is 0.235 e. The monoisotopic (exact) mass is 320 g/mol. The first-order valence-electron chi connectivity index (χ1n) is 7.45. The van der Waals surface area contributed by atoms with Crippen molar-refractivity contribution in [2.24, 2.45) is 0 Å². The minimum Gasteiger partial charge on any atom is -0.477 e. The van der Waals surface area contributed by atoms with E-state index in [1.807, 2.05) is 49.4 Å². The summed E-state index contributed by atoms with van der Waals surface area (Å²) in [5.74, 6) is 1.55. The lowest BCUT2D eigenvalue weighted by molar-refractivity contribution is 0.326. The third-order valence-corrected chi connectivity index (χ3v) is 3.37. The number of pyridine rings is 1. The zero-order valence-electron chi connectivity index (χ0n) is 13.1. The van der Waals surface area contributed by atoms with E-state index in [1.54, 1.807) is 12.3 Å². The van der Waals surface area contributed by atoms with Crippen molar-refractivity contribution >= 4 is 17.2 Å². The van der Waals surface area contributed by atoms with Crippen LogP contribution in [0, 0.1) is 11.3 Å². The maximum absolute atomic E-state index is 9.15. The molecule has 0 saturated carbocycles. The molecular weight excluding hydrogens is 304 g/mol. The molecule has 0 fully saturated rings. The van der Waals surface area contributed by atoms with Crippen LogP contribution in [0.25, 0.3) is 11.3 Å². The summed E-state index contributed by atoms with van der Waals surface area (Å²) in [6.45, 7) is 2.23. The van der Waals surface area contributed by atoms with Crippen LogP contribution < -0.4 is 15.8 Å². The summed E-state index contributed by atoms with van der Waals surface area (Å²) in [6, 6.07) is 15.1. The average molecular weight is 320 g/mol. The van der Waals surface area contributed by atoms with E-state index in [0.717, 1.165) is 17.0 Å². The Labute approximate surface area is 139 Å². The van der Waals surface area contributed by atoms with Crippen molar-refractivity contribution in [3.05, 3.63) is 54.3 Å². The molecule has 0 radical (unpaired) electrons. The number of rotatable bonds is 5. The van der Waals surface area contributed by atoms with Gasteiger partial charge in [0.05, 0.1) is 18.6 Å². The van der Waals surface area contributed by atoms with Gasteiger partial charge >= 0.3 is 0 Å². The van der Waals surface area contributed by atoms with Crippen molar-refractivity contribution in [1.82, 2.24) is 4.98 Å². The van der Waals surface area contributed by atoms with E-state index in [1.165, 1.54) is 0 Å². The van der Waals surface area contributed by atoms with Gasteiger partial charge in [0, 0.05) is 17.3 Å². The van der Waals surface area contributed by atoms with Gasteiger partial charge in [0.2, 0.25) is 5.88 Å². The molecule has 6 heteroatoms. The summed E-state index contributed by atoms with van der Waals surface area (Å²) in [5.41, 5.74) is 8.30. The first-order chi connectivity index (χ1) is 11.7. The molecule has 2 aromatic heterocycles. The van der Waals surface area contributed by atoms with Gasteiger partial charge in [0.1, 0.15) is 23.2 Å². The Morgan fingerprint density at radius 3 is 2.71 bits per heavy atom. The molecule has 6 nitrogen and oxygen atoms in total. The van der Waals surface area contributed by atoms with Crippen LogP contribution in [0.5, 0.6) is 5.88 Å². The predicted molar refractivity (Wildman–Crippen MR) is 92.0 cm³/mol. The molecule has 0 amide bonds. The molecule has 0 atom stereocenters. The summed E-state index contributed by atoms with van der Waals surface area (Å²) in [6.07, 6.45) is 1.64. The molecule has 0 saturated heterocycles. The summed E-state index contributed by atoms with van der Waals surface area (Å²) >= 11 is 0. The molecule has 0 spiro atoms. The Morgan fingerprint density at radius 1 is 1.29 bits per heavy atom. The van der Waals surface area contributed by atoms with E-state index in [2.05, 4.69) is 10.3 Å². The average Bonchev–Trinajstić information content (AvgIpc) is 3.10. The quantitative estimate of drug-likeness (QED) is 0.739. The van der Waals surface area contributed by atoms with Gasteiger partial charge in [-0.15, -0.1) is 0 Å². The van der Waals surface area contributed by atoms with Crippen LogP contribution in [0.3, 0.4) is 0 Å². The standard InChI is InChI=1S/C18H16N4O2/c1-2-23-18-14(11-19)15(20)10-17(22-18)21-13-7-5-12(6-8-13)16-4-3-9-24-16/h3-10H,2H2,1H3,(H3,20,21,22). The SMILES string of the molecule is CCOc1nc(Nc2ccc(-c3ccco3)cc2)cc(N)c1C#N. The number of hydrogen-bond donors (Lipinski definition) is 2. The molecule has 3 aromatic rings. The van der Waals surface area contributed by atoms with Crippen molar-refractivity contribution in [3.63, 3.8) is 0 Å². The first-order valence-corrected chi connectivity index (χ1v) is 7.45. The largest absolute Gasteiger partial charge is 0.477 e. The summed E-state index contributed by atoms with van der Waals surface area (Å²) in [7, 11) is 0. The highest BCUT2D eigenvalue weighted by Crippen LogP contribution is 2.28. The molecular formula is C18H16N4O2. The topological polar surface area (TPSA) is 97.1 Å². The lowest BCUT2D eigenvalue weighted by atomic mass is 10.1. The number of nitrogen functional groups attached to an aromatic ring is 1.